The minimum absolute atomic E-state index is 0.517. The largest absolute Gasteiger partial charge is 0.396 e. The quantitative estimate of drug-likeness (QED) is 0.825. The van der Waals surface area contributed by atoms with Crippen LogP contribution in [0.5, 0.6) is 0 Å². The fourth-order valence-corrected chi connectivity index (χ4v) is 2.50. The average Bonchev–Trinajstić information content (AvgIpc) is 2.71. The fraction of sp³-hybridized carbons (Fsp3) is 0.583. The summed E-state index contributed by atoms with van der Waals surface area (Å²) in [6, 6.07) is 3.57. The third kappa shape index (κ3) is 2.40. The maximum atomic E-state index is 5.93. The molecule has 2 N–H and O–H groups in total. The van der Waals surface area contributed by atoms with Crippen LogP contribution in [-0.2, 0) is 0 Å². The molecule has 1 aromatic rings. The van der Waals surface area contributed by atoms with E-state index in [9.17, 15) is 0 Å². The van der Waals surface area contributed by atoms with Crippen LogP contribution in [0.2, 0.25) is 5.15 Å². The van der Waals surface area contributed by atoms with Crippen molar-refractivity contribution in [3.05, 3.63) is 17.3 Å². The fourth-order valence-electron chi connectivity index (χ4n) is 2.36. The molecular formula is C12H18ClN3. The number of nitrogen functional groups attached to an aromatic ring is 1. The Morgan fingerprint density at radius 2 is 2.38 bits per heavy atom. The number of aromatic nitrogens is 1. The van der Waals surface area contributed by atoms with Gasteiger partial charge in [-0.05, 0) is 30.9 Å². The van der Waals surface area contributed by atoms with Gasteiger partial charge in [0.25, 0.3) is 0 Å². The molecule has 2 rings (SSSR count). The normalized spacial score (nSPS) is 20.4. The summed E-state index contributed by atoms with van der Waals surface area (Å²) in [5, 5.41) is 0.517. The molecule has 3 nitrogen and oxygen atoms in total. The molecule has 0 spiro atoms. The van der Waals surface area contributed by atoms with E-state index in [1.165, 1.54) is 19.3 Å². The summed E-state index contributed by atoms with van der Waals surface area (Å²) < 4.78 is 0. The summed E-state index contributed by atoms with van der Waals surface area (Å²) in [5.41, 5.74) is 6.65. The summed E-state index contributed by atoms with van der Waals surface area (Å²) in [5.74, 6) is 1.64. The van der Waals surface area contributed by atoms with Crippen LogP contribution in [0.25, 0.3) is 0 Å². The van der Waals surface area contributed by atoms with E-state index in [1.807, 2.05) is 6.07 Å². The Kier molecular flexibility index (Phi) is 3.54. The zero-order chi connectivity index (χ0) is 11.5. The van der Waals surface area contributed by atoms with E-state index in [0.717, 1.165) is 30.5 Å². The lowest BCUT2D eigenvalue weighted by atomic mass is 10.0. The molecule has 1 aromatic heterocycles. The Morgan fingerprint density at radius 3 is 3.12 bits per heavy atom. The van der Waals surface area contributed by atoms with E-state index in [-0.39, 0.29) is 0 Å². The Bertz CT molecular complexity index is 367. The number of nitrogens with zero attached hydrogens (tertiary/aromatic N) is 2. The Balaban J connectivity index is 2.11. The van der Waals surface area contributed by atoms with Crippen LogP contribution in [0.1, 0.15) is 26.2 Å². The summed E-state index contributed by atoms with van der Waals surface area (Å²) in [7, 11) is 0. The molecule has 0 bridgehead atoms. The van der Waals surface area contributed by atoms with Gasteiger partial charge in [0.2, 0.25) is 0 Å². The SMILES string of the molecule is CCCC1CCN(c2nc(Cl)ccc2N)C1. The van der Waals surface area contributed by atoms with Gasteiger partial charge < -0.3 is 10.6 Å². The maximum absolute atomic E-state index is 5.93. The van der Waals surface area contributed by atoms with Crippen molar-refractivity contribution in [3.63, 3.8) is 0 Å². The number of hydrogen-bond acceptors (Lipinski definition) is 3. The van der Waals surface area contributed by atoms with Crippen LogP contribution in [0, 0.1) is 5.92 Å². The molecule has 0 aromatic carbocycles. The lowest BCUT2D eigenvalue weighted by Crippen LogP contribution is -2.22. The second-order valence-corrected chi connectivity index (χ2v) is 4.82. The highest BCUT2D eigenvalue weighted by atomic mass is 35.5. The molecule has 2 heterocycles. The number of hydrogen-bond donors (Lipinski definition) is 1. The second-order valence-electron chi connectivity index (χ2n) is 4.44. The Labute approximate surface area is 102 Å². The third-order valence-corrected chi connectivity index (χ3v) is 3.36. The second kappa shape index (κ2) is 4.91. The zero-order valence-electron chi connectivity index (χ0n) is 9.62. The smallest absolute Gasteiger partial charge is 0.153 e. The van der Waals surface area contributed by atoms with Gasteiger partial charge in [0.05, 0.1) is 5.69 Å². The summed E-state index contributed by atoms with van der Waals surface area (Å²) in [6.45, 7) is 4.34. The van der Waals surface area contributed by atoms with E-state index in [1.54, 1.807) is 6.07 Å². The van der Waals surface area contributed by atoms with E-state index in [4.69, 9.17) is 17.3 Å². The topological polar surface area (TPSA) is 42.2 Å². The highest BCUT2D eigenvalue weighted by molar-refractivity contribution is 6.29. The monoisotopic (exact) mass is 239 g/mol. The van der Waals surface area contributed by atoms with E-state index in [0.29, 0.717) is 5.15 Å². The van der Waals surface area contributed by atoms with Crippen molar-refractivity contribution in [3.8, 4) is 0 Å². The van der Waals surface area contributed by atoms with Crippen molar-refractivity contribution in [2.45, 2.75) is 26.2 Å². The zero-order valence-corrected chi connectivity index (χ0v) is 10.4. The van der Waals surface area contributed by atoms with Crippen LogP contribution < -0.4 is 10.6 Å². The molecule has 0 amide bonds. The predicted octanol–water partition coefficient (Wildman–Crippen LogP) is 2.94. The summed E-state index contributed by atoms with van der Waals surface area (Å²) in [6.07, 6.45) is 3.77. The molecule has 1 saturated heterocycles. The number of rotatable bonds is 3. The van der Waals surface area contributed by atoms with Crippen LogP contribution >= 0.6 is 11.6 Å². The van der Waals surface area contributed by atoms with Gasteiger partial charge in [-0.25, -0.2) is 4.98 Å². The van der Waals surface area contributed by atoms with Gasteiger partial charge in [-0.1, -0.05) is 24.9 Å². The Morgan fingerprint density at radius 1 is 1.56 bits per heavy atom. The van der Waals surface area contributed by atoms with Crippen molar-refractivity contribution in [2.75, 3.05) is 23.7 Å². The minimum Gasteiger partial charge on any atom is -0.396 e. The molecular weight excluding hydrogens is 222 g/mol. The first kappa shape index (κ1) is 11.5. The number of pyridine rings is 1. The van der Waals surface area contributed by atoms with Gasteiger partial charge in [0, 0.05) is 13.1 Å². The molecule has 0 radical (unpaired) electrons. The predicted molar refractivity (Wildman–Crippen MR) is 68.9 cm³/mol. The number of halogens is 1. The van der Waals surface area contributed by atoms with Gasteiger partial charge >= 0.3 is 0 Å². The van der Waals surface area contributed by atoms with E-state index in [2.05, 4.69) is 16.8 Å². The standard InChI is InChI=1S/C12H18ClN3/c1-2-3-9-6-7-16(8-9)12-10(14)4-5-11(13)15-12/h4-5,9H,2-3,6-8,14H2,1H3. The van der Waals surface area contributed by atoms with Gasteiger partial charge in [0.15, 0.2) is 5.82 Å². The van der Waals surface area contributed by atoms with E-state index < -0.39 is 0 Å². The summed E-state index contributed by atoms with van der Waals surface area (Å²) >= 11 is 5.90. The van der Waals surface area contributed by atoms with Gasteiger partial charge in [-0.3, -0.25) is 0 Å². The van der Waals surface area contributed by atoms with Crippen molar-refractivity contribution in [2.24, 2.45) is 5.92 Å². The van der Waals surface area contributed by atoms with Gasteiger partial charge in [-0.2, -0.15) is 0 Å². The molecule has 1 fully saturated rings. The van der Waals surface area contributed by atoms with Gasteiger partial charge in [-0.15, -0.1) is 0 Å². The first-order valence-corrected chi connectivity index (χ1v) is 6.25. The first-order chi connectivity index (χ1) is 7.70. The molecule has 1 atom stereocenters. The lowest BCUT2D eigenvalue weighted by Gasteiger charge is -2.19. The van der Waals surface area contributed by atoms with Crippen molar-refractivity contribution >= 4 is 23.1 Å². The molecule has 1 aliphatic rings. The molecule has 4 heteroatoms. The van der Waals surface area contributed by atoms with Crippen LogP contribution in [0.15, 0.2) is 12.1 Å². The van der Waals surface area contributed by atoms with E-state index >= 15 is 0 Å². The van der Waals surface area contributed by atoms with Crippen molar-refractivity contribution < 1.29 is 0 Å². The molecule has 16 heavy (non-hydrogen) atoms. The molecule has 88 valence electrons. The number of anilines is 2. The first-order valence-electron chi connectivity index (χ1n) is 5.87. The molecule has 1 aliphatic heterocycles. The molecule has 0 aliphatic carbocycles. The Hall–Kier alpha value is -0.960. The van der Waals surface area contributed by atoms with Crippen molar-refractivity contribution in [1.29, 1.82) is 0 Å². The highest BCUT2D eigenvalue weighted by Gasteiger charge is 2.24. The molecule has 0 saturated carbocycles. The number of nitrogens with two attached hydrogens (primary N) is 1. The minimum atomic E-state index is 0.517. The van der Waals surface area contributed by atoms with Crippen molar-refractivity contribution in [1.82, 2.24) is 4.98 Å². The summed E-state index contributed by atoms with van der Waals surface area (Å²) in [4.78, 5) is 6.57. The highest BCUT2D eigenvalue weighted by Crippen LogP contribution is 2.29. The third-order valence-electron chi connectivity index (χ3n) is 3.15. The average molecular weight is 240 g/mol. The lowest BCUT2D eigenvalue weighted by molar-refractivity contribution is 0.529. The molecule has 1 unspecified atom stereocenters. The van der Waals surface area contributed by atoms with Crippen LogP contribution in [-0.4, -0.2) is 18.1 Å². The van der Waals surface area contributed by atoms with Crippen LogP contribution in [0.3, 0.4) is 0 Å². The van der Waals surface area contributed by atoms with Crippen LogP contribution in [0.4, 0.5) is 11.5 Å². The maximum Gasteiger partial charge on any atom is 0.153 e. The van der Waals surface area contributed by atoms with Gasteiger partial charge in [0.1, 0.15) is 5.15 Å².